The van der Waals surface area contributed by atoms with Gasteiger partial charge < -0.3 is 9.47 Å². The van der Waals surface area contributed by atoms with Gasteiger partial charge in [-0.1, -0.05) is 13.8 Å². The lowest BCUT2D eigenvalue weighted by atomic mass is 10.0. The van der Waals surface area contributed by atoms with Crippen LogP contribution in [0.3, 0.4) is 0 Å². The summed E-state index contributed by atoms with van der Waals surface area (Å²) in [5, 5.41) is 0. The fourth-order valence-electron chi connectivity index (χ4n) is 2.94. The van der Waals surface area contributed by atoms with E-state index in [1.165, 1.54) is 0 Å². The highest BCUT2D eigenvalue weighted by molar-refractivity contribution is 7.89. The molecule has 0 saturated carbocycles. The maximum atomic E-state index is 12.6. The van der Waals surface area contributed by atoms with E-state index in [1.807, 2.05) is 13.8 Å². The summed E-state index contributed by atoms with van der Waals surface area (Å²) in [4.78, 5) is 2.56. The number of ether oxygens (including phenoxy) is 2. The molecule has 0 bridgehead atoms. The molecule has 0 radical (unpaired) electrons. The Hall–Kier alpha value is -1.15. The second-order valence-corrected chi connectivity index (χ2v) is 8.72. The zero-order valence-electron chi connectivity index (χ0n) is 15.6. The molecule has 1 atom stereocenters. The van der Waals surface area contributed by atoms with Crippen molar-refractivity contribution < 1.29 is 17.9 Å². The number of nitrogens with zero attached hydrogens (tertiary/aromatic N) is 1. The molecule has 0 spiro atoms. The molecule has 2 rings (SSSR count). The van der Waals surface area contributed by atoms with Crippen LogP contribution in [0.1, 0.15) is 27.7 Å². The lowest BCUT2D eigenvalue weighted by molar-refractivity contribution is 0.00776. The van der Waals surface area contributed by atoms with Gasteiger partial charge in [0.25, 0.3) is 0 Å². The normalized spacial score (nSPS) is 17.8. The summed E-state index contributed by atoms with van der Waals surface area (Å²) in [6.07, 6.45) is 0.0564. The molecule has 1 saturated heterocycles. The van der Waals surface area contributed by atoms with Gasteiger partial charge in [0, 0.05) is 25.7 Å². The van der Waals surface area contributed by atoms with Crippen LogP contribution in [-0.2, 0) is 14.8 Å². The second kappa shape index (κ2) is 8.98. The van der Waals surface area contributed by atoms with Gasteiger partial charge in [-0.15, -0.1) is 0 Å². The number of morpholine rings is 1. The van der Waals surface area contributed by atoms with Gasteiger partial charge in [0.2, 0.25) is 10.0 Å². The Balaban J connectivity index is 2.01. The SMILES string of the molecule is CC(C)Oc1ccc(S(=O)(=O)NCC(C(C)C)N2CCOCC2)cc1. The summed E-state index contributed by atoms with van der Waals surface area (Å²) < 4.78 is 38.9. The van der Waals surface area contributed by atoms with E-state index in [1.54, 1.807) is 24.3 Å². The summed E-state index contributed by atoms with van der Waals surface area (Å²) in [6, 6.07) is 6.70. The van der Waals surface area contributed by atoms with Crippen LogP contribution in [-0.4, -0.2) is 58.3 Å². The monoisotopic (exact) mass is 370 g/mol. The van der Waals surface area contributed by atoms with E-state index < -0.39 is 10.0 Å². The molecule has 7 heteroatoms. The van der Waals surface area contributed by atoms with Crippen LogP contribution < -0.4 is 9.46 Å². The molecular formula is C18H30N2O4S. The van der Waals surface area contributed by atoms with Crippen LogP contribution >= 0.6 is 0 Å². The Morgan fingerprint density at radius 3 is 2.24 bits per heavy atom. The fraction of sp³-hybridized carbons (Fsp3) is 0.667. The molecule has 1 aromatic rings. The van der Waals surface area contributed by atoms with Crippen molar-refractivity contribution in [3.05, 3.63) is 24.3 Å². The highest BCUT2D eigenvalue weighted by Gasteiger charge is 2.26. The van der Waals surface area contributed by atoms with Gasteiger partial charge >= 0.3 is 0 Å². The highest BCUT2D eigenvalue weighted by Crippen LogP contribution is 2.18. The molecule has 1 heterocycles. The zero-order valence-corrected chi connectivity index (χ0v) is 16.4. The molecule has 0 aromatic heterocycles. The molecule has 1 unspecified atom stereocenters. The molecule has 1 aromatic carbocycles. The number of sulfonamides is 1. The van der Waals surface area contributed by atoms with Crippen LogP contribution in [0.2, 0.25) is 0 Å². The van der Waals surface area contributed by atoms with Crippen molar-refractivity contribution in [1.82, 2.24) is 9.62 Å². The number of hydrogen-bond acceptors (Lipinski definition) is 5. The first-order valence-corrected chi connectivity index (χ1v) is 10.4. The van der Waals surface area contributed by atoms with Crippen molar-refractivity contribution >= 4 is 10.0 Å². The molecule has 1 aliphatic heterocycles. The van der Waals surface area contributed by atoms with E-state index in [9.17, 15) is 8.42 Å². The Labute approximate surface area is 151 Å². The van der Waals surface area contributed by atoms with E-state index in [0.717, 1.165) is 13.1 Å². The van der Waals surface area contributed by atoms with Crippen LogP contribution in [0.15, 0.2) is 29.2 Å². The number of hydrogen-bond donors (Lipinski definition) is 1. The van der Waals surface area contributed by atoms with Crippen LogP contribution in [0.25, 0.3) is 0 Å². The summed E-state index contributed by atoms with van der Waals surface area (Å²) in [5.74, 6) is 1.02. The van der Waals surface area contributed by atoms with Gasteiger partial charge in [-0.25, -0.2) is 13.1 Å². The third kappa shape index (κ3) is 5.95. The van der Waals surface area contributed by atoms with Crippen molar-refractivity contribution in [1.29, 1.82) is 0 Å². The summed E-state index contributed by atoms with van der Waals surface area (Å²) in [5.41, 5.74) is 0. The third-order valence-electron chi connectivity index (χ3n) is 4.27. The Bertz CT molecular complexity index is 623. The van der Waals surface area contributed by atoms with E-state index >= 15 is 0 Å². The molecule has 1 aliphatic rings. The first kappa shape index (κ1) is 20.2. The van der Waals surface area contributed by atoms with Crippen LogP contribution in [0.5, 0.6) is 5.75 Å². The van der Waals surface area contributed by atoms with Crippen molar-refractivity contribution in [3.63, 3.8) is 0 Å². The standard InChI is InChI=1S/C18H30N2O4S/c1-14(2)18(20-9-11-23-12-10-20)13-19-25(21,22)17-7-5-16(6-8-17)24-15(3)4/h5-8,14-15,18-19H,9-13H2,1-4H3. The fourth-order valence-corrected chi connectivity index (χ4v) is 3.99. The maximum Gasteiger partial charge on any atom is 0.240 e. The van der Waals surface area contributed by atoms with Crippen LogP contribution in [0.4, 0.5) is 0 Å². The number of nitrogens with one attached hydrogen (secondary N) is 1. The first-order chi connectivity index (χ1) is 11.8. The highest BCUT2D eigenvalue weighted by atomic mass is 32.2. The Morgan fingerprint density at radius 2 is 1.72 bits per heavy atom. The molecule has 25 heavy (non-hydrogen) atoms. The average Bonchev–Trinajstić information content (AvgIpc) is 2.55. The van der Waals surface area contributed by atoms with Gasteiger partial charge in [-0.05, 0) is 44.0 Å². The van der Waals surface area contributed by atoms with Gasteiger partial charge in [0.15, 0.2) is 0 Å². The van der Waals surface area contributed by atoms with Crippen molar-refractivity contribution in [2.75, 3.05) is 32.8 Å². The van der Waals surface area contributed by atoms with E-state index in [0.29, 0.717) is 31.4 Å². The molecule has 142 valence electrons. The summed E-state index contributed by atoms with van der Waals surface area (Å²) in [7, 11) is -3.54. The van der Waals surface area contributed by atoms with E-state index in [2.05, 4.69) is 23.5 Å². The van der Waals surface area contributed by atoms with Gasteiger partial charge in [-0.2, -0.15) is 0 Å². The quantitative estimate of drug-likeness (QED) is 0.759. The van der Waals surface area contributed by atoms with E-state index in [-0.39, 0.29) is 17.0 Å². The smallest absolute Gasteiger partial charge is 0.240 e. The predicted octanol–water partition coefficient (Wildman–Crippen LogP) is 2.11. The largest absolute Gasteiger partial charge is 0.491 e. The lowest BCUT2D eigenvalue weighted by Gasteiger charge is -2.36. The van der Waals surface area contributed by atoms with Crippen molar-refractivity contribution in [2.24, 2.45) is 5.92 Å². The minimum absolute atomic E-state index is 0.0564. The topological polar surface area (TPSA) is 67.9 Å². The molecule has 0 aliphatic carbocycles. The predicted molar refractivity (Wildman–Crippen MR) is 98.4 cm³/mol. The van der Waals surface area contributed by atoms with Crippen molar-refractivity contribution in [2.45, 2.75) is 44.7 Å². The first-order valence-electron chi connectivity index (χ1n) is 8.88. The molecule has 6 nitrogen and oxygen atoms in total. The Kier molecular flexibility index (Phi) is 7.25. The number of rotatable bonds is 8. The van der Waals surface area contributed by atoms with E-state index in [4.69, 9.17) is 9.47 Å². The molecule has 0 amide bonds. The zero-order chi connectivity index (χ0) is 18.4. The van der Waals surface area contributed by atoms with Gasteiger partial charge in [-0.3, -0.25) is 4.90 Å². The summed E-state index contributed by atoms with van der Waals surface area (Å²) in [6.45, 7) is 11.6. The lowest BCUT2D eigenvalue weighted by Crippen LogP contribution is -2.51. The maximum absolute atomic E-state index is 12.6. The number of benzene rings is 1. The third-order valence-corrected chi connectivity index (χ3v) is 5.71. The van der Waals surface area contributed by atoms with Gasteiger partial charge in [0.1, 0.15) is 5.75 Å². The minimum Gasteiger partial charge on any atom is -0.491 e. The average molecular weight is 371 g/mol. The Morgan fingerprint density at radius 1 is 1.12 bits per heavy atom. The molecule has 1 fully saturated rings. The molecule has 1 N–H and O–H groups in total. The van der Waals surface area contributed by atoms with Gasteiger partial charge in [0.05, 0.1) is 24.2 Å². The summed E-state index contributed by atoms with van der Waals surface area (Å²) >= 11 is 0. The second-order valence-electron chi connectivity index (χ2n) is 6.95. The van der Waals surface area contributed by atoms with Crippen LogP contribution in [0, 0.1) is 5.92 Å². The minimum atomic E-state index is -3.54. The van der Waals surface area contributed by atoms with Crippen molar-refractivity contribution in [3.8, 4) is 5.75 Å². The molecular weight excluding hydrogens is 340 g/mol.